The molecule has 6 rings (SSSR count). The summed E-state index contributed by atoms with van der Waals surface area (Å²) in [6.07, 6.45) is 0. The van der Waals surface area contributed by atoms with Crippen LogP contribution in [0.2, 0.25) is 0 Å². The van der Waals surface area contributed by atoms with Gasteiger partial charge in [-0.05, 0) is 41.5 Å². The van der Waals surface area contributed by atoms with Crippen LogP contribution in [0.1, 0.15) is 22.8 Å². The van der Waals surface area contributed by atoms with E-state index in [2.05, 4.69) is 18.2 Å². The Bertz CT molecular complexity index is 1640. The smallest absolute Gasteiger partial charge is 0.298 e. The zero-order valence-corrected chi connectivity index (χ0v) is 18.4. The number of ketones is 1. The van der Waals surface area contributed by atoms with Gasteiger partial charge >= 0.3 is 0 Å². The molecule has 5 nitrogen and oxygen atoms in total. The highest BCUT2D eigenvalue weighted by molar-refractivity contribution is 6.29. The third kappa shape index (κ3) is 2.90. The van der Waals surface area contributed by atoms with Gasteiger partial charge in [-0.25, -0.2) is 4.98 Å². The molecule has 0 aliphatic heterocycles. The highest BCUT2D eigenvalue weighted by Gasteiger charge is 2.33. The minimum atomic E-state index is -0.0471. The quantitative estimate of drug-likeness (QED) is 0.233. The van der Waals surface area contributed by atoms with E-state index in [0.717, 1.165) is 38.4 Å². The minimum absolute atomic E-state index is 0.0471. The molecule has 5 heteroatoms. The summed E-state index contributed by atoms with van der Waals surface area (Å²) in [4.78, 5) is 29.7. The van der Waals surface area contributed by atoms with Crippen molar-refractivity contribution in [2.45, 2.75) is 6.92 Å². The lowest BCUT2D eigenvalue weighted by Gasteiger charge is -2.16. The molecular weight excluding hydrogens is 426 g/mol. The van der Waals surface area contributed by atoms with E-state index < -0.39 is 0 Å². The highest BCUT2D eigenvalue weighted by Crippen LogP contribution is 2.46. The molecule has 0 unspecified atom stereocenters. The number of pyridine rings is 1. The van der Waals surface area contributed by atoms with Crippen molar-refractivity contribution in [2.24, 2.45) is 0 Å². The molecule has 5 aromatic rings. The van der Waals surface area contributed by atoms with Crippen LogP contribution in [0.4, 0.5) is 0 Å². The summed E-state index contributed by atoms with van der Waals surface area (Å²) < 4.78 is 10.9. The van der Waals surface area contributed by atoms with Gasteiger partial charge in [0, 0.05) is 22.1 Å². The molecule has 1 aromatic heterocycles. The maximum absolute atomic E-state index is 13.7. The normalized spacial score (nSPS) is 12.0. The van der Waals surface area contributed by atoms with Crippen molar-refractivity contribution in [3.63, 3.8) is 0 Å². The molecule has 0 amide bonds. The summed E-state index contributed by atoms with van der Waals surface area (Å²) in [5.41, 5.74) is 5.16. The molecule has 164 valence electrons. The van der Waals surface area contributed by atoms with E-state index in [0.29, 0.717) is 41.4 Å². The number of rotatable bonds is 5. The van der Waals surface area contributed by atoms with Gasteiger partial charge in [0.05, 0.1) is 23.4 Å². The average molecular weight is 445 g/mol. The molecule has 4 aromatic carbocycles. The monoisotopic (exact) mass is 445 g/mol. The second-order valence-corrected chi connectivity index (χ2v) is 8.07. The largest absolute Gasteiger partial charge is 0.490 e. The average Bonchev–Trinajstić information content (AvgIpc) is 3.16. The van der Waals surface area contributed by atoms with Crippen LogP contribution in [0.15, 0.2) is 78.9 Å². The Kier molecular flexibility index (Phi) is 4.62. The van der Waals surface area contributed by atoms with Crippen molar-refractivity contribution < 1.29 is 19.1 Å². The number of benzene rings is 4. The van der Waals surface area contributed by atoms with Gasteiger partial charge in [-0.2, -0.15) is 0 Å². The van der Waals surface area contributed by atoms with Crippen LogP contribution in [-0.4, -0.2) is 23.8 Å². The van der Waals surface area contributed by atoms with E-state index in [1.54, 1.807) is 6.07 Å². The van der Waals surface area contributed by atoms with Crippen LogP contribution in [0.5, 0.6) is 11.5 Å². The predicted octanol–water partition coefficient (Wildman–Crippen LogP) is 6.20. The maximum Gasteiger partial charge on any atom is 0.298 e. The molecule has 0 saturated heterocycles. The summed E-state index contributed by atoms with van der Waals surface area (Å²) in [5, 5.41) is 2.98. The zero-order valence-electron chi connectivity index (χ0n) is 18.4. The number of nitrogens with zero attached hydrogens (tertiary/aromatic N) is 1. The van der Waals surface area contributed by atoms with E-state index >= 15 is 0 Å². The van der Waals surface area contributed by atoms with Crippen LogP contribution in [0.3, 0.4) is 0 Å². The molecule has 0 spiro atoms. The van der Waals surface area contributed by atoms with Crippen LogP contribution in [0, 0.1) is 0 Å². The third-order valence-corrected chi connectivity index (χ3v) is 6.24. The van der Waals surface area contributed by atoms with Crippen LogP contribution in [0.25, 0.3) is 44.1 Å². The first-order chi connectivity index (χ1) is 16.7. The lowest BCUT2D eigenvalue weighted by Crippen LogP contribution is -2.02. The van der Waals surface area contributed by atoms with Crippen molar-refractivity contribution >= 4 is 33.9 Å². The molecule has 0 fully saturated rings. The van der Waals surface area contributed by atoms with Gasteiger partial charge in [0.2, 0.25) is 0 Å². The van der Waals surface area contributed by atoms with E-state index in [4.69, 9.17) is 14.5 Å². The predicted molar refractivity (Wildman–Crippen MR) is 131 cm³/mol. The summed E-state index contributed by atoms with van der Waals surface area (Å²) >= 11 is 0. The number of carbonyl (C=O) groups excluding carboxylic acids is 2. The zero-order chi connectivity index (χ0) is 23.2. The van der Waals surface area contributed by atoms with E-state index in [9.17, 15) is 9.59 Å². The standard InChI is InChI=1S/C29H19NO4/c1-2-33-24-15-18(12-14-23(24)34-16-31)25-26-19-8-4-3-7-17(19)11-13-22(26)30-28-20-9-5-6-10-21(20)29(32)27(25)28/h3-16H,2H2,1H3. The summed E-state index contributed by atoms with van der Waals surface area (Å²) in [7, 11) is 0. The van der Waals surface area contributed by atoms with Gasteiger partial charge in [0.25, 0.3) is 6.47 Å². The number of hydrogen-bond acceptors (Lipinski definition) is 5. The molecule has 0 atom stereocenters. The lowest BCUT2D eigenvalue weighted by molar-refractivity contribution is -0.120. The molecule has 0 N–H and O–H groups in total. The SMILES string of the molecule is CCOc1cc(-c2c3c(nc4ccc5ccccc5c24)-c2ccccc2C3=O)ccc1OC=O. The Balaban J connectivity index is 1.76. The molecule has 1 aliphatic carbocycles. The van der Waals surface area contributed by atoms with Crippen molar-refractivity contribution in [3.8, 4) is 33.9 Å². The van der Waals surface area contributed by atoms with Crippen molar-refractivity contribution in [1.29, 1.82) is 0 Å². The van der Waals surface area contributed by atoms with Crippen molar-refractivity contribution in [3.05, 3.63) is 90.0 Å². The first-order valence-corrected chi connectivity index (χ1v) is 11.1. The highest BCUT2D eigenvalue weighted by atomic mass is 16.5. The Morgan fingerprint density at radius 2 is 1.65 bits per heavy atom. The molecule has 34 heavy (non-hydrogen) atoms. The van der Waals surface area contributed by atoms with Crippen LogP contribution in [-0.2, 0) is 4.79 Å². The number of carbonyl (C=O) groups is 2. The van der Waals surface area contributed by atoms with Gasteiger partial charge in [0.15, 0.2) is 17.3 Å². The molecule has 0 saturated carbocycles. The Morgan fingerprint density at radius 1 is 0.853 bits per heavy atom. The lowest BCUT2D eigenvalue weighted by atomic mass is 9.90. The Labute approximate surface area is 195 Å². The molecule has 0 radical (unpaired) electrons. The van der Waals surface area contributed by atoms with Gasteiger partial charge in [-0.1, -0.05) is 60.7 Å². The molecule has 0 bridgehead atoms. The second-order valence-electron chi connectivity index (χ2n) is 8.07. The molecule has 1 aliphatic rings. The van der Waals surface area contributed by atoms with E-state index in [1.165, 1.54) is 0 Å². The van der Waals surface area contributed by atoms with E-state index in [-0.39, 0.29) is 5.78 Å². The Morgan fingerprint density at radius 3 is 2.47 bits per heavy atom. The van der Waals surface area contributed by atoms with Crippen molar-refractivity contribution in [2.75, 3.05) is 6.61 Å². The van der Waals surface area contributed by atoms with E-state index in [1.807, 2.05) is 61.5 Å². The first-order valence-electron chi connectivity index (χ1n) is 11.1. The number of aromatic nitrogens is 1. The number of ether oxygens (including phenoxy) is 2. The fraction of sp³-hybridized carbons (Fsp3) is 0.0690. The Hall–Kier alpha value is -4.51. The van der Waals surface area contributed by atoms with Gasteiger partial charge in [-0.15, -0.1) is 0 Å². The molecule has 1 heterocycles. The summed E-state index contributed by atoms with van der Waals surface area (Å²) in [5.74, 6) is 0.721. The topological polar surface area (TPSA) is 65.5 Å². The third-order valence-electron chi connectivity index (χ3n) is 6.24. The number of hydrogen-bond donors (Lipinski definition) is 0. The summed E-state index contributed by atoms with van der Waals surface area (Å²) in [6, 6.07) is 25.1. The fourth-order valence-electron chi connectivity index (χ4n) is 4.84. The van der Waals surface area contributed by atoms with Crippen LogP contribution >= 0.6 is 0 Å². The van der Waals surface area contributed by atoms with Gasteiger partial charge < -0.3 is 9.47 Å². The fourth-order valence-corrected chi connectivity index (χ4v) is 4.84. The maximum atomic E-state index is 13.7. The second kappa shape index (κ2) is 7.81. The minimum Gasteiger partial charge on any atom is -0.490 e. The molecular formula is C29H19NO4. The first kappa shape index (κ1) is 20.1. The number of fused-ring (bicyclic) bond motifs is 6. The van der Waals surface area contributed by atoms with Crippen molar-refractivity contribution in [1.82, 2.24) is 4.98 Å². The van der Waals surface area contributed by atoms with Crippen LogP contribution < -0.4 is 9.47 Å². The van der Waals surface area contributed by atoms with Gasteiger partial charge in [0.1, 0.15) is 0 Å². The van der Waals surface area contributed by atoms with Gasteiger partial charge in [-0.3, -0.25) is 9.59 Å². The summed E-state index contributed by atoms with van der Waals surface area (Å²) in [6.45, 7) is 2.65.